The number of halogens is 1. The van der Waals surface area contributed by atoms with Crippen LogP contribution in [0.25, 0.3) is 11.0 Å². The zero-order valence-electron chi connectivity index (χ0n) is 21.1. The van der Waals surface area contributed by atoms with Gasteiger partial charge in [-0.15, -0.1) is 0 Å². The van der Waals surface area contributed by atoms with Crippen LogP contribution in [0.1, 0.15) is 34.8 Å². The van der Waals surface area contributed by atoms with Crippen LogP contribution in [0.2, 0.25) is 0 Å². The van der Waals surface area contributed by atoms with Gasteiger partial charge in [-0.25, -0.2) is 14.2 Å². The van der Waals surface area contributed by atoms with E-state index in [0.717, 1.165) is 15.7 Å². The Balaban J connectivity index is 1.54. The van der Waals surface area contributed by atoms with Crippen molar-refractivity contribution in [3.8, 4) is 0 Å². The number of carboxylic acids is 1. The average Bonchev–Trinajstić information content (AvgIpc) is 2.82. The first kappa shape index (κ1) is 25.4. The molecule has 0 saturated carbocycles. The van der Waals surface area contributed by atoms with Crippen molar-refractivity contribution in [1.29, 1.82) is 0 Å². The van der Waals surface area contributed by atoms with Crippen LogP contribution in [-0.2, 0) is 22.7 Å². The number of nitrogens with zero attached hydrogens (tertiary/aromatic N) is 4. The van der Waals surface area contributed by atoms with Gasteiger partial charge in [0.25, 0.3) is 11.5 Å². The van der Waals surface area contributed by atoms with Crippen molar-refractivity contribution in [1.82, 2.24) is 19.8 Å². The van der Waals surface area contributed by atoms with Crippen molar-refractivity contribution in [3.05, 3.63) is 69.6 Å². The summed E-state index contributed by atoms with van der Waals surface area (Å²) in [4.78, 5) is 58.6. The number of fused-ring (bicyclic) bond motifs is 1. The van der Waals surface area contributed by atoms with Gasteiger partial charge in [0.1, 0.15) is 29.5 Å². The fraction of sp³-hybridized carbons (Fsp3) is 0.370. The van der Waals surface area contributed by atoms with Gasteiger partial charge in [-0.3, -0.25) is 19.0 Å². The Morgan fingerprint density at radius 1 is 1.18 bits per heavy atom. The van der Waals surface area contributed by atoms with Crippen molar-refractivity contribution < 1.29 is 23.9 Å². The van der Waals surface area contributed by atoms with E-state index >= 15 is 0 Å². The number of aliphatic carboxylic acids is 1. The van der Waals surface area contributed by atoms with Gasteiger partial charge >= 0.3 is 5.97 Å². The van der Waals surface area contributed by atoms with Crippen LogP contribution in [-0.4, -0.2) is 68.7 Å². The molecule has 1 atom stereocenters. The zero-order valence-corrected chi connectivity index (χ0v) is 21.1. The first-order valence-electron chi connectivity index (χ1n) is 12.4. The average molecular weight is 522 g/mol. The van der Waals surface area contributed by atoms with Crippen molar-refractivity contribution in [3.63, 3.8) is 0 Å². The summed E-state index contributed by atoms with van der Waals surface area (Å²) in [6.07, 6.45) is 1.90. The van der Waals surface area contributed by atoms with Crippen LogP contribution >= 0.6 is 0 Å². The molecule has 38 heavy (non-hydrogen) atoms. The minimum Gasteiger partial charge on any atom is -0.480 e. The minimum absolute atomic E-state index is 0.0814. The molecule has 10 nitrogen and oxygen atoms in total. The first-order valence-corrected chi connectivity index (χ1v) is 12.4. The lowest BCUT2D eigenvalue weighted by Crippen LogP contribution is -2.60. The summed E-state index contributed by atoms with van der Waals surface area (Å²) in [6, 6.07) is 9.87. The summed E-state index contributed by atoms with van der Waals surface area (Å²) in [5.74, 6) is -2.08. The summed E-state index contributed by atoms with van der Waals surface area (Å²) in [6.45, 7) is 3.43. The maximum Gasteiger partial charge on any atom is 0.326 e. The Morgan fingerprint density at radius 3 is 2.50 bits per heavy atom. The predicted molar refractivity (Wildman–Crippen MR) is 138 cm³/mol. The molecule has 0 radical (unpaired) electrons. The normalized spacial score (nSPS) is 18.0. The topological polar surface area (TPSA) is 125 Å². The molecule has 198 valence electrons. The Morgan fingerprint density at radius 2 is 1.89 bits per heavy atom. The summed E-state index contributed by atoms with van der Waals surface area (Å²) < 4.78 is 15.1. The number of alkyl halides is 1. The summed E-state index contributed by atoms with van der Waals surface area (Å²) in [5.41, 5.74) is 0.188. The largest absolute Gasteiger partial charge is 0.480 e. The van der Waals surface area contributed by atoms with Crippen LogP contribution in [0.15, 0.2) is 47.4 Å². The molecule has 5 rings (SSSR count). The molecule has 2 aliphatic heterocycles. The number of aromatic nitrogens is 2. The molecule has 4 heterocycles. The summed E-state index contributed by atoms with van der Waals surface area (Å²) >= 11 is 0. The molecular formula is C27H28FN5O5. The predicted octanol–water partition coefficient (Wildman–Crippen LogP) is 1.87. The van der Waals surface area contributed by atoms with E-state index in [9.17, 15) is 28.7 Å². The van der Waals surface area contributed by atoms with Crippen molar-refractivity contribution in [2.75, 3.05) is 24.5 Å². The number of anilines is 1. The van der Waals surface area contributed by atoms with Gasteiger partial charge < -0.3 is 20.2 Å². The highest BCUT2D eigenvalue weighted by Crippen LogP contribution is 2.33. The van der Waals surface area contributed by atoms with E-state index in [4.69, 9.17) is 0 Å². The molecule has 2 saturated heterocycles. The van der Waals surface area contributed by atoms with Gasteiger partial charge in [0.05, 0.1) is 18.8 Å². The monoisotopic (exact) mass is 521 g/mol. The van der Waals surface area contributed by atoms with E-state index in [2.05, 4.69) is 10.3 Å². The van der Waals surface area contributed by atoms with E-state index in [1.54, 1.807) is 11.0 Å². The van der Waals surface area contributed by atoms with Gasteiger partial charge in [0, 0.05) is 24.7 Å². The SMILES string of the molecule is Cc1ccc(CNC(=O)c2cc3c(N4CCC4C(=O)O)ccnc3n(CC(=O)N3CC(C)(F)C3)c2=O)cc1. The molecule has 2 aliphatic rings. The number of nitrogens with one attached hydrogen (secondary N) is 1. The maximum atomic E-state index is 14.0. The number of pyridine rings is 2. The highest BCUT2D eigenvalue weighted by molar-refractivity contribution is 6.01. The number of carboxylic acid groups (broad SMARTS) is 1. The van der Waals surface area contributed by atoms with E-state index in [1.165, 1.54) is 24.1 Å². The van der Waals surface area contributed by atoms with Crippen LogP contribution in [0, 0.1) is 6.92 Å². The van der Waals surface area contributed by atoms with Crippen LogP contribution < -0.4 is 15.8 Å². The third kappa shape index (κ3) is 4.71. The standard InChI is InChI=1S/C27H28FN5O5/c1-16-3-5-17(6-4-16)12-30-24(35)19-11-18-20(32-10-8-21(32)26(37)38)7-9-29-23(18)33(25(19)36)13-22(34)31-14-27(2,28)15-31/h3-7,9,11,21H,8,10,12-15H2,1-2H3,(H,30,35)(H,37,38). The molecular weight excluding hydrogens is 493 g/mol. The molecule has 1 aromatic carbocycles. The van der Waals surface area contributed by atoms with Gasteiger partial charge in [-0.2, -0.15) is 0 Å². The number of rotatable bonds is 7. The lowest BCUT2D eigenvalue weighted by atomic mass is 9.99. The molecule has 0 bridgehead atoms. The Kier molecular flexibility index (Phi) is 6.38. The number of benzene rings is 1. The molecule has 11 heteroatoms. The fourth-order valence-electron chi connectivity index (χ4n) is 4.89. The number of carbonyl (C=O) groups excluding carboxylic acids is 2. The molecule has 2 aromatic heterocycles. The minimum atomic E-state index is -1.48. The Labute approximate surface area is 217 Å². The molecule has 2 fully saturated rings. The van der Waals surface area contributed by atoms with Gasteiger partial charge in [-0.05, 0) is 38.0 Å². The lowest BCUT2D eigenvalue weighted by Gasteiger charge is -2.42. The number of carbonyl (C=O) groups is 3. The van der Waals surface area contributed by atoms with Gasteiger partial charge in [0.2, 0.25) is 5.91 Å². The van der Waals surface area contributed by atoms with Gasteiger partial charge in [-0.1, -0.05) is 29.8 Å². The Bertz CT molecular complexity index is 1490. The van der Waals surface area contributed by atoms with Crippen LogP contribution in [0.5, 0.6) is 0 Å². The van der Waals surface area contributed by atoms with E-state index in [-0.39, 0.29) is 30.8 Å². The second-order valence-corrected chi connectivity index (χ2v) is 10.2. The molecule has 3 aromatic rings. The lowest BCUT2D eigenvalue weighted by molar-refractivity contribution is -0.144. The Hall–Kier alpha value is -4.28. The van der Waals surface area contributed by atoms with Crippen molar-refractivity contribution in [2.45, 2.75) is 45.1 Å². The summed E-state index contributed by atoms with van der Waals surface area (Å²) in [5, 5.41) is 12.7. The smallest absolute Gasteiger partial charge is 0.326 e. The second kappa shape index (κ2) is 9.55. The molecule has 0 spiro atoms. The summed E-state index contributed by atoms with van der Waals surface area (Å²) in [7, 11) is 0. The van der Waals surface area contributed by atoms with E-state index in [1.807, 2.05) is 31.2 Å². The molecule has 1 unspecified atom stereocenters. The maximum absolute atomic E-state index is 14.0. The fourth-order valence-corrected chi connectivity index (χ4v) is 4.89. The van der Waals surface area contributed by atoms with Crippen molar-refractivity contribution in [2.24, 2.45) is 0 Å². The third-order valence-corrected chi connectivity index (χ3v) is 7.09. The molecule has 2 N–H and O–H groups in total. The van der Waals surface area contributed by atoms with Crippen LogP contribution in [0.4, 0.5) is 10.1 Å². The quantitative estimate of drug-likeness (QED) is 0.486. The number of aryl methyl sites for hydroxylation is 1. The third-order valence-electron chi connectivity index (χ3n) is 7.09. The molecule has 0 aliphatic carbocycles. The van der Waals surface area contributed by atoms with E-state index < -0.39 is 41.6 Å². The number of likely N-dealkylation sites (tertiary alicyclic amines) is 1. The van der Waals surface area contributed by atoms with Gasteiger partial charge in [0.15, 0.2) is 0 Å². The number of amides is 2. The van der Waals surface area contributed by atoms with Crippen molar-refractivity contribution >= 4 is 34.5 Å². The van der Waals surface area contributed by atoms with Crippen LogP contribution in [0.3, 0.4) is 0 Å². The number of hydrogen-bond acceptors (Lipinski definition) is 6. The highest BCUT2D eigenvalue weighted by atomic mass is 19.1. The zero-order chi connectivity index (χ0) is 27.2. The first-order chi connectivity index (χ1) is 18.0. The second-order valence-electron chi connectivity index (χ2n) is 10.2. The van der Waals surface area contributed by atoms with E-state index in [0.29, 0.717) is 24.0 Å². The highest BCUT2D eigenvalue weighted by Gasteiger charge is 2.41. The number of hydrogen-bond donors (Lipinski definition) is 2. The molecule has 2 amide bonds.